The van der Waals surface area contributed by atoms with Gasteiger partial charge in [0.05, 0.1) is 11.1 Å². The third-order valence-electron chi connectivity index (χ3n) is 5.16. The summed E-state index contributed by atoms with van der Waals surface area (Å²) in [6.07, 6.45) is 3.87. The predicted molar refractivity (Wildman–Crippen MR) is 113 cm³/mol. The zero-order chi connectivity index (χ0) is 20.3. The van der Waals surface area contributed by atoms with Gasteiger partial charge in [-0.15, -0.1) is 0 Å². The van der Waals surface area contributed by atoms with E-state index in [0.29, 0.717) is 29.2 Å². The number of aromatic hydroxyl groups is 1. The van der Waals surface area contributed by atoms with Crippen molar-refractivity contribution >= 4 is 11.9 Å². The fourth-order valence-corrected chi connectivity index (χ4v) is 3.75. The van der Waals surface area contributed by atoms with Gasteiger partial charge in [0.1, 0.15) is 11.5 Å². The normalized spacial score (nSPS) is 14.6. The van der Waals surface area contributed by atoms with E-state index in [9.17, 15) is 9.90 Å². The van der Waals surface area contributed by atoms with Crippen LogP contribution in [0, 0.1) is 13.8 Å². The molecule has 0 unspecified atom stereocenters. The molecule has 148 valence electrons. The number of allylic oxidation sites excluding steroid dienone is 1. The third-order valence-corrected chi connectivity index (χ3v) is 5.16. The number of carbonyl (C=O) groups excluding carboxylic acids is 1. The lowest BCUT2D eigenvalue weighted by Crippen LogP contribution is -2.25. The van der Waals surface area contributed by atoms with E-state index in [0.717, 1.165) is 42.6 Å². The van der Waals surface area contributed by atoms with E-state index in [2.05, 4.69) is 18.7 Å². The fourth-order valence-electron chi connectivity index (χ4n) is 3.75. The number of ether oxygens (including phenoxy) is 1. The Bertz CT molecular complexity index is 908. The molecule has 2 aromatic carbocycles. The van der Waals surface area contributed by atoms with E-state index in [-0.39, 0.29) is 11.5 Å². The molecule has 28 heavy (non-hydrogen) atoms. The molecule has 1 aliphatic heterocycles. The molecule has 1 N–H and O–H groups in total. The summed E-state index contributed by atoms with van der Waals surface area (Å²) in [6.45, 7) is 10.6. The Morgan fingerprint density at radius 3 is 2.39 bits per heavy atom. The Balaban J connectivity index is 2.01. The van der Waals surface area contributed by atoms with Crippen molar-refractivity contribution in [3.8, 4) is 11.5 Å². The van der Waals surface area contributed by atoms with E-state index in [1.165, 1.54) is 0 Å². The number of rotatable bonds is 7. The highest BCUT2D eigenvalue weighted by molar-refractivity contribution is 6.15. The number of aryl methyl sites for hydroxylation is 2. The van der Waals surface area contributed by atoms with Crippen LogP contribution in [-0.4, -0.2) is 28.9 Å². The maximum atomic E-state index is 13.0. The second kappa shape index (κ2) is 8.61. The van der Waals surface area contributed by atoms with Gasteiger partial charge >= 0.3 is 0 Å². The van der Waals surface area contributed by atoms with Gasteiger partial charge in [-0.1, -0.05) is 38.1 Å². The summed E-state index contributed by atoms with van der Waals surface area (Å²) in [5, 5.41) is 10.6. The van der Waals surface area contributed by atoms with Crippen LogP contribution < -0.4 is 4.74 Å². The van der Waals surface area contributed by atoms with Gasteiger partial charge in [0.2, 0.25) is 5.78 Å². The van der Waals surface area contributed by atoms with Crippen molar-refractivity contribution < 1.29 is 14.6 Å². The summed E-state index contributed by atoms with van der Waals surface area (Å²) in [6, 6.07) is 9.58. The van der Waals surface area contributed by atoms with E-state index < -0.39 is 0 Å². The second-order valence-electron chi connectivity index (χ2n) is 7.47. The standard InChI is InChI=1S/C24H29NO3/c1-5-11-25(12-6-2)15-19-20(26)13-17(4)22-23(27)21(28-24(19)22)14-18-10-8-7-9-16(18)3/h7-10,13-14,26H,5-6,11-12,15H2,1-4H3/b21-14+. The van der Waals surface area contributed by atoms with Crippen LogP contribution >= 0.6 is 0 Å². The minimum absolute atomic E-state index is 0.116. The van der Waals surface area contributed by atoms with Gasteiger partial charge in [0.15, 0.2) is 5.76 Å². The first-order valence-corrected chi connectivity index (χ1v) is 10.0. The number of nitrogens with zero attached hydrogens (tertiary/aromatic N) is 1. The predicted octanol–water partition coefficient (Wildman–Crippen LogP) is 5.25. The zero-order valence-electron chi connectivity index (χ0n) is 17.2. The van der Waals surface area contributed by atoms with Gasteiger partial charge in [-0.05, 0) is 68.6 Å². The Hall–Kier alpha value is -2.59. The first kappa shape index (κ1) is 20.2. The van der Waals surface area contributed by atoms with Crippen LogP contribution in [-0.2, 0) is 6.54 Å². The molecule has 3 rings (SSSR count). The van der Waals surface area contributed by atoms with Crippen molar-refractivity contribution in [2.45, 2.75) is 47.1 Å². The molecule has 0 bridgehead atoms. The van der Waals surface area contributed by atoms with Gasteiger partial charge in [-0.25, -0.2) is 0 Å². The number of phenols is 1. The first-order valence-electron chi connectivity index (χ1n) is 10.0. The van der Waals surface area contributed by atoms with Crippen LogP contribution in [0.5, 0.6) is 11.5 Å². The number of benzene rings is 2. The van der Waals surface area contributed by atoms with E-state index in [1.807, 2.05) is 38.1 Å². The number of phenolic OH excluding ortho intramolecular Hbond substituents is 1. The van der Waals surface area contributed by atoms with Crippen molar-refractivity contribution in [3.05, 3.63) is 63.9 Å². The molecule has 0 radical (unpaired) electrons. The lowest BCUT2D eigenvalue weighted by molar-refractivity contribution is 0.101. The molecule has 0 spiro atoms. The maximum Gasteiger partial charge on any atom is 0.232 e. The topological polar surface area (TPSA) is 49.8 Å². The number of Topliss-reactive ketones (excluding diaryl/α,β-unsaturated/α-hetero) is 1. The molecule has 0 aromatic heterocycles. The molecular weight excluding hydrogens is 350 g/mol. The molecule has 0 atom stereocenters. The van der Waals surface area contributed by atoms with Crippen LogP contribution in [0.15, 0.2) is 36.1 Å². The summed E-state index contributed by atoms with van der Waals surface area (Å²) in [5.74, 6) is 0.907. The number of carbonyl (C=O) groups is 1. The van der Waals surface area contributed by atoms with E-state index >= 15 is 0 Å². The molecule has 2 aromatic rings. The van der Waals surface area contributed by atoms with Crippen LogP contribution in [0.4, 0.5) is 0 Å². The molecule has 0 saturated heterocycles. The molecule has 1 aliphatic rings. The highest BCUT2D eigenvalue weighted by Gasteiger charge is 2.33. The van der Waals surface area contributed by atoms with E-state index in [4.69, 9.17) is 4.74 Å². The first-order chi connectivity index (χ1) is 13.5. The van der Waals surface area contributed by atoms with Crippen LogP contribution in [0.25, 0.3) is 6.08 Å². The summed E-state index contributed by atoms with van der Waals surface area (Å²) in [4.78, 5) is 15.3. The zero-order valence-corrected chi connectivity index (χ0v) is 17.2. The molecule has 4 nitrogen and oxygen atoms in total. The van der Waals surface area contributed by atoms with Crippen molar-refractivity contribution in [1.82, 2.24) is 4.90 Å². The minimum Gasteiger partial charge on any atom is -0.507 e. The van der Waals surface area contributed by atoms with E-state index in [1.54, 1.807) is 12.1 Å². The smallest absolute Gasteiger partial charge is 0.232 e. The minimum atomic E-state index is -0.116. The summed E-state index contributed by atoms with van der Waals surface area (Å²) in [5.41, 5.74) is 4.05. The average molecular weight is 380 g/mol. The number of fused-ring (bicyclic) bond motifs is 1. The lowest BCUT2D eigenvalue weighted by atomic mass is 9.98. The van der Waals surface area contributed by atoms with Crippen molar-refractivity contribution in [2.24, 2.45) is 0 Å². The summed E-state index contributed by atoms with van der Waals surface area (Å²) < 4.78 is 6.05. The van der Waals surface area contributed by atoms with Gasteiger partial charge in [-0.2, -0.15) is 0 Å². The largest absolute Gasteiger partial charge is 0.507 e. The van der Waals surface area contributed by atoms with Crippen molar-refractivity contribution in [1.29, 1.82) is 0 Å². The molecule has 4 heteroatoms. The Kier molecular flexibility index (Phi) is 6.20. The Morgan fingerprint density at radius 2 is 1.75 bits per heavy atom. The van der Waals surface area contributed by atoms with Crippen LogP contribution in [0.3, 0.4) is 0 Å². The average Bonchev–Trinajstić information content (AvgIpc) is 2.97. The summed E-state index contributed by atoms with van der Waals surface area (Å²) >= 11 is 0. The van der Waals surface area contributed by atoms with Crippen molar-refractivity contribution in [3.63, 3.8) is 0 Å². The van der Waals surface area contributed by atoms with Gasteiger partial charge < -0.3 is 9.84 Å². The Labute approximate surface area is 167 Å². The maximum absolute atomic E-state index is 13.0. The van der Waals surface area contributed by atoms with Gasteiger partial charge in [-0.3, -0.25) is 9.69 Å². The SMILES string of the molecule is CCCN(CCC)Cc1c(O)cc(C)c2c1O/C(=C/c1ccccc1C)C2=O. The van der Waals surface area contributed by atoms with Crippen LogP contribution in [0.1, 0.15) is 59.3 Å². The molecule has 0 aliphatic carbocycles. The Morgan fingerprint density at radius 1 is 1.07 bits per heavy atom. The monoisotopic (exact) mass is 379 g/mol. The van der Waals surface area contributed by atoms with Crippen molar-refractivity contribution in [2.75, 3.05) is 13.1 Å². The molecule has 0 amide bonds. The molecular formula is C24H29NO3. The number of ketones is 1. The molecule has 0 fully saturated rings. The summed E-state index contributed by atoms with van der Waals surface area (Å²) in [7, 11) is 0. The van der Waals surface area contributed by atoms with Crippen LogP contribution in [0.2, 0.25) is 0 Å². The molecule has 0 saturated carbocycles. The van der Waals surface area contributed by atoms with Gasteiger partial charge in [0.25, 0.3) is 0 Å². The quantitative estimate of drug-likeness (QED) is 0.668. The molecule has 1 heterocycles. The second-order valence-corrected chi connectivity index (χ2v) is 7.47. The fraction of sp³-hybridized carbons (Fsp3) is 0.375. The highest BCUT2D eigenvalue weighted by atomic mass is 16.5. The highest BCUT2D eigenvalue weighted by Crippen LogP contribution is 2.42. The lowest BCUT2D eigenvalue weighted by Gasteiger charge is -2.22. The number of hydrogen-bond donors (Lipinski definition) is 1. The third kappa shape index (κ3) is 3.97. The number of hydrogen-bond acceptors (Lipinski definition) is 4. The van der Waals surface area contributed by atoms with Gasteiger partial charge in [0, 0.05) is 6.54 Å².